The summed E-state index contributed by atoms with van der Waals surface area (Å²) in [6.07, 6.45) is 0. The number of amides is 1. The van der Waals surface area contributed by atoms with E-state index in [2.05, 4.69) is 4.98 Å². The van der Waals surface area contributed by atoms with E-state index in [0.29, 0.717) is 22.3 Å². The second-order valence-electron chi connectivity index (χ2n) is 5.19. The van der Waals surface area contributed by atoms with Gasteiger partial charge in [0.1, 0.15) is 10.8 Å². The Kier molecular flexibility index (Phi) is 5.23. The van der Waals surface area contributed by atoms with Crippen molar-refractivity contribution >= 4 is 50.7 Å². The van der Waals surface area contributed by atoms with Crippen LogP contribution in [-0.2, 0) is 11.3 Å². The molecule has 0 aliphatic rings. The van der Waals surface area contributed by atoms with Gasteiger partial charge in [-0.1, -0.05) is 35.3 Å². The highest BCUT2D eigenvalue weighted by atomic mass is 35.5. The van der Waals surface area contributed by atoms with E-state index in [-0.39, 0.29) is 12.5 Å². The van der Waals surface area contributed by atoms with Crippen molar-refractivity contribution in [1.29, 1.82) is 0 Å². The summed E-state index contributed by atoms with van der Waals surface area (Å²) >= 11 is 13.5. The molecular formula is C17H14Cl2N2O2S. The number of nitrogens with zero attached hydrogens (tertiary/aromatic N) is 2. The van der Waals surface area contributed by atoms with E-state index < -0.39 is 0 Å². The van der Waals surface area contributed by atoms with Crippen LogP contribution in [0.25, 0.3) is 10.2 Å². The van der Waals surface area contributed by atoms with Gasteiger partial charge in [-0.3, -0.25) is 4.79 Å². The van der Waals surface area contributed by atoms with Crippen LogP contribution in [0.5, 0.6) is 5.75 Å². The van der Waals surface area contributed by atoms with Crippen LogP contribution in [0.3, 0.4) is 0 Å². The molecule has 3 aromatic rings. The number of rotatable bonds is 5. The monoisotopic (exact) mass is 380 g/mol. The number of hydrogen-bond donors (Lipinski definition) is 0. The Morgan fingerprint density at radius 2 is 2.04 bits per heavy atom. The Hall–Kier alpha value is -1.82. The quantitative estimate of drug-likeness (QED) is 0.647. The van der Waals surface area contributed by atoms with Gasteiger partial charge in [-0.2, -0.15) is 0 Å². The minimum Gasteiger partial charge on any atom is -0.482 e. The molecule has 0 saturated heterocycles. The molecule has 0 fully saturated rings. The maximum absolute atomic E-state index is 12.2. The maximum Gasteiger partial charge on any atom is 0.260 e. The summed E-state index contributed by atoms with van der Waals surface area (Å²) in [5.41, 5.74) is 0.945. The summed E-state index contributed by atoms with van der Waals surface area (Å²) in [7, 11) is 1.72. The lowest BCUT2D eigenvalue weighted by Crippen LogP contribution is -2.30. The van der Waals surface area contributed by atoms with Crippen LogP contribution in [-0.4, -0.2) is 29.4 Å². The molecule has 0 aliphatic carbocycles. The first-order valence-corrected chi connectivity index (χ1v) is 8.76. The summed E-state index contributed by atoms with van der Waals surface area (Å²) in [6, 6.07) is 12.8. The van der Waals surface area contributed by atoms with Crippen molar-refractivity contribution in [3.63, 3.8) is 0 Å². The number of fused-ring (bicyclic) bond motifs is 1. The summed E-state index contributed by atoms with van der Waals surface area (Å²) in [5, 5.41) is 1.80. The molecule has 0 aliphatic heterocycles. The number of benzene rings is 2. The first kappa shape index (κ1) is 17.0. The second-order valence-corrected chi connectivity index (χ2v) is 7.15. The molecule has 0 spiro atoms. The Labute approximate surface area is 153 Å². The number of carbonyl (C=O) groups is 1. The number of ether oxygens (including phenoxy) is 1. The average molecular weight is 381 g/mol. The molecule has 0 unspecified atom stereocenters. The Morgan fingerprint density at radius 3 is 2.83 bits per heavy atom. The fourth-order valence-corrected chi connectivity index (χ4v) is 3.47. The normalized spacial score (nSPS) is 10.8. The van der Waals surface area contributed by atoms with Crippen molar-refractivity contribution in [2.45, 2.75) is 6.54 Å². The summed E-state index contributed by atoms with van der Waals surface area (Å²) in [4.78, 5) is 18.3. The van der Waals surface area contributed by atoms with Crippen LogP contribution in [0.4, 0.5) is 0 Å². The van der Waals surface area contributed by atoms with E-state index in [9.17, 15) is 4.79 Å². The number of halogens is 2. The zero-order valence-electron chi connectivity index (χ0n) is 12.8. The average Bonchev–Trinajstić information content (AvgIpc) is 2.97. The number of aromatic nitrogens is 1. The minimum atomic E-state index is -0.162. The number of carbonyl (C=O) groups excluding carboxylic acids is 1. The second kappa shape index (κ2) is 7.38. The fourth-order valence-electron chi connectivity index (χ4n) is 2.12. The first-order valence-electron chi connectivity index (χ1n) is 7.19. The molecule has 0 bridgehead atoms. The summed E-state index contributed by atoms with van der Waals surface area (Å²) in [5.74, 6) is 0.233. The molecular weight excluding hydrogens is 367 g/mol. The van der Waals surface area contributed by atoms with Crippen LogP contribution < -0.4 is 4.74 Å². The van der Waals surface area contributed by atoms with E-state index in [1.54, 1.807) is 41.5 Å². The zero-order valence-corrected chi connectivity index (χ0v) is 15.2. The standard InChI is InChI=1S/C17H14Cl2N2O2S/c1-21(9-16-20-13-4-2-3-5-15(13)24-16)17(22)10-23-14-8-11(18)6-7-12(14)19/h2-8H,9-10H2,1H3. The molecule has 24 heavy (non-hydrogen) atoms. The minimum absolute atomic E-state index is 0.110. The maximum atomic E-state index is 12.2. The molecule has 1 heterocycles. The third-order valence-electron chi connectivity index (χ3n) is 3.38. The lowest BCUT2D eigenvalue weighted by Gasteiger charge is -2.16. The summed E-state index contributed by atoms with van der Waals surface area (Å²) in [6.45, 7) is 0.326. The number of likely N-dealkylation sites (N-methyl/N-ethyl adjacent to an activating group) is 1. The van der Waals surface area contributed by atoms with Crippen molar-refractivity contribution in [1.82, 2.24) is 9.88 Å². The summed E-state index contributed by atoms with van der Waals surface area (Å²) < 4.78 is 6.58. The predicted octanol–water partition coefficient (Wildman–Crippen LogP) is 4.64. The lowest BCUT2D eigenvalue weighted by atomic mass is 10.3. The van der Waals surface area contributed by atoms with Gasteiger partial charge in [-0.15, -0.1) is 11.3 Å². The van der Waals surface area contributed by atoms with Gasteiger partial charge in [0.2, 0.25) is 0 Å². The van der Waals surface area contributed by atoms with Crippen LogP contribution in [0.2, 0.25) is 10.0 Å². The van der Waals surface area contributed by atoms with E-state index >= 15 is 0 Å². The molecule has 1 amide bonds. The molecule has 0 saturated carbocycles. The molecule has 0 atom stereocenters. The molecule has 4 nitrogen and oxygen atoms in total. The molecule has 2 aromatic carbocycles. The van der Waals surface area contributed by atoms with E-state index in [1.165, 1.54) is 0 Å². The number of thiazole rings is 1. The van der Waals surface area contributed by atoms with Crippen molar-refractivity contribution in [2.24, 2.45) is 0 Å². The number of para-hydroxylation sites is 1. The van der Waals surface area contributed by atoms with E-state index in [4.69, 9.17) is 27.9 Å². The predicted molar refractivity (Wildman–Crippen MR) is 98.1 cm³/mol. The van der Waals surface area contributed by atoms with E-state index in [1.807, 2.05) is 24.3 Å². The van der Waals surface area contributed by atoms with Gasteiger partial charge in [0.15, 0.2) is 6.61 Å². The lowest BCUT2D eigenvalue weighted by molar-refractivity contribution is -0.132. The number of hydrogen-bond acceptors (Lipinski definition) is 4. The SMILES string of the molecule is CN(Cc1nc2ccccc2s1)C(=O)COc1cc(Cl)ccc1Cl. The van der Waals surface area contributed by atoms with Crippen molar-refractivity contribution in [2.75, 3.05) is 13.7 Å². The van der Waals surface area contributed by atoms with Gasteiger partial charge >= 0.3 is 0 Å². The largest absolute Gasteiger partial charge is 0.482 e. The van der Waals surface area contributed by atoms with Gasteiger partial charge in [0.05, 0.1) is 21.8 Å². The third kappa shape index (κ3) is 3.98. The third-order valence-corrected chi connectivity index (χ3v) is 4.95. The molecule has 7 heteroatoms. The fraction of sp³-hybridized carbons (Fsp3) is 0.176. The molecule has 0 N–H and O–H groups in total. The van der Waals surface area contributed by atoms with Gasteiger partial charge in [0, 0.05) is 18.1 Å². The molecule has 0 radical (unpaired) electrons. The highest BCUT2D eigenvalue weighted by Gasteiger charge is 2.14. The van der Waals surface area contributed by atoms with Crippen molar-refractivity contribution in [3.8, 4) is 5.75 Å². The molecule has 1 aromatic heterocycles. The van der Waals surface area contributed by atoms with Gasteiger partial charge < -0.3 is 9.64 Å². The van der Waals surface area contributed by atoms with Gasteiger partial charge in [-0.05, 0) is 24.3 Å². The van der Waals surface area contributed by atoms with Gasteiger partial charge in [-0.25, -0.2) is 4.98 Å². The highest BCUT2D eigenvalue weighted by molar-refractivity contribution is 7.18. The Morgan fingerprint density at radius 1 is 1.25 bits per heavy atom. The molecule has 124 valence electrons. The molecule has 3 rings (SSSR count). The van der Waals surface area contributed by atoms with Crippen LogP contribution in [0.15, 0.2) is 42.5 Å². The Bertz CT molecular complexity index is 849. The van der Waals surface area contributed by atoms with Crippen molar-refractivity contribution < 1.29 is 9.53 Å². The van der Waals surface area contributed by atoms with Crippen molar-refractivity contribution in [3.05, 3.63) is 57.5 Å². The van der Waals surface area contributed by atoms with Crippen LogP contribution in [0, 0.1) is 0 Å². The van der Waals surface area contributed by atoms with Crippen LogP contribution in [0.1, 0.15) is 5.01 Å². The first-order chi connectivity index (χ1) is 11.5. The highest BCUT2D eigenvalue weighted by Crippen LogP contribution is 2.27. The zero-order chi connectivity index (χ0) is 17.1. The topological polar surface area (TPSA) is 42.4 Å². The van der Waals surface area contributed by atoms with Gasteiger partial charge in [0.25, 0.3) is 5.91 Å². The van der Waals surface area contributed by atoms with Crippen LogP contribution >= 0.6 is 34.5 Å². The Balaban J connectivity index is 1.61. The van der Waals surface area contributed by atoms with E-state index in [0.717, 1.165) is 15.2 Å². The smallest absolute Gasteiger partial charge is 0.260 e.